The lowest BCUT2D eigenvalue weighted by molar-refractivity contribution is 0.577. The molecule has 1 aromatic rings. The van der Waals surface area contributed by atoms with Crippen LogP contribution in [0.25, 0.3) is 0 Å². The first-order valence-corrected chi connectivity index (χ1v) is 5.90. The van der Waals surface area contributed by atoms with Gasteiger partial charge in [-0.05, 0) is 31.2 Å². The largest absolute Gasteiger partial charge is 0.241 e. The van der Waals surface area contributed by atoms with E-state index in [1.807, 2.05) is 6.07 Å². The molecule has 0 aliphatic heterocycles. The van der Waals surface area contributed by atoms with Gasteiger partial charge in [0.25, 0.3) is 0 Å². The lowest BCUT2D eigenvalue weighted by Gasteiger charge is -2.07. The van der Waals surface area contributed by atoms with E-state index in [1.165, 1.54) is 31.2 Å². The Morgan fingerprint density at radius 3 is 2.25 bits per heavy atom. The second-order valence-corrected chi connectivity index (χ2v) is 4.82. The number of nitrogens with zero attached hydrogens (tertiary/aromatic N) is 2. The first-order chi connectivity index (χ1) is 7.49. The molecule has 6 heteroatoms. The third kappa shape index (κ3) is 2.80. The first-order valence-electron chi connectivity index (χ1n) is 4.41. The standard InChI is InChI=1S/C10H9N3O2S/c1-8(6-11)13-16(14,15)10-4-2-9(7-12)3-5-10/h2-5,8,13H,1H3. The first kappa shape index (κ1) is 12.2. The summed E-state index contributed by atoms with van der Waals surface area (Å²) in [6.07, 6.45) is 0. The minimum Gasteiger partial charge on any atom is -0.207 e. The van der Waals surface area contributed by atoms with Gasteiger partial charge in [-0.25, -0.2) is 8.42 Å². The third-order valence-corrected chi connectivity index (χ3v) is 3.38. The van der Waals surface area contributed by atoms with Crippen LogP contribution in [-0.2, 0) is 10.0 Å². The Hall–Kier alpha value is -1.89. The number of nitriles is 2. The van der Waals surface area contributed by atoms with E-state index in [-0.39, 0.29) is 4.90 Å². The Kier molecular flexibility index (Phi) is 3.62. The minimum atomic E-state index is -3.68. The molecule has 0 radical (unpaired) electrons. The van der Waals surface area contributed by atoms with Crippen molar-refractivity contribution in [1.29, 1.82) is 10.5 Å². The van der Waals surface area contributed by atoms with Crippen LogP contribution < -0.4 is 4.72 Å². The predicted octanol–water partition coefficient (Wildman–Crippen LogP) is 0.749. The summed E-state index contributed by atoms with van der Waals surface area (Å²) in [6.45, 7) is 1.45. The van der Waals surface area contributed by atoms with Crippen molar-refractivity contribution >= 4 is 10.0 Å². The molecule has 0 heterocycles. The van der Waals surface area contributed by atoms with Crippen molar-refractivity contribution < 1.29 is 8.42 Å². The average Bonchev–Trinajstić information content (AvgIpc) is 2.28. The van der Waals surface area contributed by atoms with E-state index in [9.17, 15) is 8.42 Å². The van der Waals surface area contributed by atoms with Crippen LogP contribution in [0.1, 0.15) is 12.5 Å². The number of nitrogens with one attached hydrogen (secondary N) is 1. The molecule has 0 amide bonds. The second-order valence-electron chi connectivity index (χ2n) is 3.11. The van der Waals surface area contributed by atoms with Crippen molar-refractivity contribution in [1.82, 2.24) is 4.72 Å². The summed E-state index contributed by atoms with van der Waals surface area (Å²) < 4.78 is 25.5. The topological polar surface area (TPSA) is 93.8 Å². The average molecular weight is 235 g/mol. The summed E-state index contributed by atoms with van der Waals surface area (Å²) in [7, 11) is -3.68. The molecular weight excluding hydrogens is 226 g/mol. The Balaban J connectivity index is 3.01. The smallest absolute Gasteiger partial charge is 0.207 e. The van der Waals surface area contributed by atoms with Crippen LogP contribution in [0.15, 0.2) is 29.2 Å². The van der Waals surface area contributed by atoms with E-state index in [0.717, 1.165) is 0 Å². The van der Waals surface area contributed by atoms with E-state index in [1.54, 1.807) is 6.07 Å². The molecule has 0 spiro atoms. The van der Waals surface area contributed by atoms with Gasteiger partial charge in [0.05, 0.1) is 22.6 Å². The highest BCUT2D eigenvalue weighted by Crippen LogP contribution is 2.10. The molecule has 1 unspecified atom stereocenters. The zero-order valence-electron chi connectivity index (χ0n) is 8.51. The lowest BCUT2D eigenvalue weighted by Crippen LogP contribution is -2.31. The maximum atomic E-state index is 11.7. The van der Waals surface area contributed by atoms with Crippen LogP contribution in [0.5, 0.6) is 0 Å². The molecule has 0 saturated heterocycles. The molecular formula is C10H9N3O2S. The minimum absolute atomic E-state index is 0.0357. The normalized spacial score (nSPS) is 12.4. The molecule has 1 N–H and O–H groups in total. The van der Waals surface area contributed by atoms with Gasteiger partial charge in [-0.15, -0.1) is 0 Å². The van der Waals surface area contributed by atoms with Crippen LogP contribution >= 0.6 is 0 Å². The van der Waals surface area contributed by atoms with Gasteiger partial charge in [-0.1, -0.05) is 0 Å². The second kappa shape index (κ2) is 4.75. The molecule has 5 nitrogen and oxygen atoms in total. The zero-order chi connectivity index (χ0) is 12.2. The Morgan fingerprint density at radius 2 is 1.81 bits per heavy atom. The molecule has 0 saturated carbocycles. The number of hydrogen-bond donors (Lipinski definition) is 1. The maximum Gasteiger partial charge on any atom is 0.241 e. The Morgan fingerprint density at radius 1 is 1.25 bits per heavy atom. The molecule has 0 aliphatic carbocycles. The van der Waals surface area contributed by atoms with Crippen LogP contribution in [0.3, 0.4) is 0 Å². The highest BCUT2D eigenvalue weighted by Gasteiger charge is 2.16. The van der Waals surface area contributed by atoms with Crippen molar-refractivity contribution in [3.8, 4) is 12.1 Å². The molecule has 16 heavy (non-hydrogen) atoms. The highest BCUT2D eigenvalue weighted by atomic mass is 32.2. The number of benzene rings is 1. The fourth-order valence-electron chi connectivity index (χ4n) is 1.04. The molecule has 1 rings (SSSR count). The van der Waals surface area contributed by atoms with Crippen LogP contribution in [0.4, 0.5) is 0 Å². The monoisotopic (exact) mass is 235 g/mol. The number of rotatable bonds is 3. The molecule has 0 fully saturated rings. The van der Waals surface area contributed by atoms with Crippen molar-refractivity contribution in [2.24, 2.45) is 0 Å². The van der Waals surface area contributed by atoms with Crippen LogP contribution in [0.2, 0.25) is 0 Å². The summed E-state index contributed by atoms with van der Waals surface area (Å²) in [5, 5.41) is 17.1. The molecule has 0 bridgehead atoms. The van der Waals surface area contributed by atoms with Gasteiger partial charge in [0, 0.05) is 0 Å². The van der Waals surface area contributed by atoms with E-state index >= 15 is 0 Å². The molecule has 82 valence electrons. The molecule has 1 aromatic carbocycles. The Labute approximate surface area is 94.0 Å². The summed E-state index contributed by atoms with van der Waals surface area (Å²) in [6, 6.07) is 8.34. The van der Waals surface area contributed by atoms with E-state index < -0.39 is 16.1 Å². The summed E-state index contributed by atoms with van der Waals surface area (Å²) in [5.41, 5.74) is 0.382. The summed E-state index contributed by atoms with van der Waals surface area (Å²) >= 11 is 0. The van der Waals surface area contributed by atoms with Crippen LogP contribution in [-0.4, -0.2) is 14.5 Å². The van der Waals surface area contributed by atoms with Gasteiger partial charge in [0.15, 0.2) is 0 Å². The number of hydrogen-bond acceptors (Lipinski definition) is 4. The SMILES string of the molecule is CC(C#N)NS(=O)(=O)c1ccc(C#N)cc1. The van der Waals surface area contributed by atoms with Crippen molar-refractivity contribution in [3.63, 3.8) is 0 Å². The zero-order valence-corrected chi connectivity index (χ0v) is 9.32. The number of sulfonamides is 1. The van der Waals surface area contributed by atoms with E-state index in [0.29, 0.717) is 5.56 Å². The van der Waals surface area contributed by atoms with Gasteiger partial charge < -0.3 is 0 Å². The van der Waals surface area contributed by atoms with E-state index in [4.69, 9.17) is 10.5 Å². The quantitative estimate of drug-likeness (QED) is 0.836. The molecule has 0 aliphatic rings. The highest BCUT2D eigenvalue weighted by molar-refractivity contribution is 7.89. The van der Waals surface area contributed by atoms with Gasteiger partial charge in [0.2, 0.25) is 10.0 Å². The summed E-state index contributed by atoms with van der Waals surface area (Å²) in [4.78, 5) is 0.0357. The third-order valence-electron chi connectivity index (χ3n) is 1.82. The molecule has 0 aromatic heterocycles. The van der Waals surface area contributed by atoms with E-state index in [2.05, 4.69) is 4.72 Å². The fourth-order valence-corrected chi connectivity index (χ4v) is 2.18. The van der Waals surface area contributed by atoms with Crippen molar-refractivity contribution in [2.45, 2.75) is 17.9 Å². The lowest BCUT2D eigenvalue weighted by atomic mass is 10.2. The van der Waals surface area contributed by atoms with Gasteiger partial charge in [-0.3, -0.25) is 0 Å². The van der Waals surface area contributed by atoms with Gasteiger partial charge in [-0.2, -0.15) is 15.2 Å². The van der Waals surface area contributed by atoms with Crippen LogP contribution in [0, 0.1) is 22.7 Å². The maximum absolute atomic E-state index is 11.7. The summed E-state index contributed by atoms with van der Waals surface area (Å²) in [5.74, 6) is 0. The predicted molar refractivity (Wildman–Crippen MR) is 56.6 cm³/mol. The fraction of sp³-hybridized carbons (Fsp3) is 0.200. The van der Waals surface area contributed by atoms with Gasteiger partial charge >= 0.3 is 0 Å². The van der Waals surface area contributed by atoms with Crippen molar-refractivity contribution in [2.75, 3.05) is 0 Å². The van der Waals surface area contributed by atoms with Gasteiger partial charge in [0.1, 0.15) is 6.04 Å². The van der Waals surface area contributed by atoms with Crippen molar-refractivity contribution in [3.05, 3.63) is 29.8 Å². The molecule has 1 atom stereocenters. The Bertz CT molecular complexity index is 549.